The molecule has 4 aromatic carbocycles. The number of unbranched alkanes of at least 4 members (excludes halogenated alkanes) is 2. The largest absolute Gasteiger partial charge is 0.497 e. The minimum absolute atomic E-state index is 0.208. The van der Waals surface area contributed by atoms with E-state index < -0.39 is 30.7 Å². The molecule has 1 aliphatic rings. The van der Waals surface area contributed by atoms with E-state index in [2.05, 4.69) is 56.1 Å². The van der Waals surface area contributed by atoms with Crippen molar-refractivity contribution >= 4 is 43.5 Å². The molecule has 0 spiro atoms. The van der Waals surface area contributed by atoms with E-state index in [1.165, 1.54) is 0 Å². The molecule has 1 heterocycles. The number of allylic oxidation sites excluding steroid dienone is 2. The molecule has 1 fully saturated rings. The number of hydrogen-bond acceptors (Lipinski definition) is 8. The van der Waals surface area contributed by atoms with Gasteiger partial charge in [0.2, 0.25) is 0 Å². The number of methoxy groups -OCH3 is 2. The highest BCUT2D eigenvalue weighted by atomic mass is 79.9. The Morgan fingerprint density at radius 3 is 2.04 bits per heavy atom. The lowest BCUT2D eigenvalue weighted by atomic mass is 9.97. The van der Waals surface area contributed by atoms with Crippen LogP contribution in [0.5, 0.6) is 5.75 Å². The van der Waals surface area contributed by atoms with Gasteiger partial charge in [0.1, 0.15) is 30.2 Å². The van der Waals surface area contributed by atoms with Crippen molar-refractivity contribution in [3.63, 3.8) is 0 Å². The van der Waals surface area contributed by atoms with E-state index in [0.29, 0.717) is 31.5 Å². The van der Waals surface area contributed by atoms with Gasteiger partial charge in [-0.1, -0.05) is 94.3 Å². The van der Waals surface area contributed by atoms with E-state index in [1.54, 1.807) is 14.2 Å². The quantitative estimate of drug-likeness (QED) is 0.0539. The van der Waals surface area contributed by atoms with Crippen molar-refractivity contribution in [3.8, 4) is 5.75 Å². The van der Waals surface area contributed by atoms with Gasteiger partial charge in [0.15, 0.2) is 6.29 Å². The van der Waals surface area contributed by atoms with Gasteiger partial charge in [-0.3, -0.25) is 0 Å². The molecule has 5 rings (SSSR count). The Labute approximate surface area is 347 Å². The van der Waals surface area contributed by atoms with E-state index >= 15 is 0 Å². The van der Waals surface area contributed by atoms with Crippen molar-refractivity contribution in [2.24, 2.45) is 0 Å². The molecule has 294 valence electrons. The van der Waals surface area contributed by atoms with Crippen molar-refractivity contribution in [3.05, 3.63) is 145 Å². The van der Waals surface area contributed by atoms with Gasteiger partial charge in [-0.25, -0.2) is 0 Å². The first-order valence-electron chi connectivity index (χ1n) is 18.5. The summed E-state index contributed by atoms with van der Waals surface area (Å²) >= 11 is 13.3. The average molecular weight is 901 g/mol. The maximum atomic E-state index is 6.86. The highest BCUT2D eigenvalue weighted by molar-refractivity contribution is 9.10. The molecule has 0 N–H and O–H groups in total. The van der Waals surface area contributed by atoms with Crippen molar-refractivity contribution in [1.82, 2.24) is 0 Å². The van der Waals surface area contributed by atoms with E-state index in [0.717, 1.165) is 69.2 Å². The summed E-state index contributed by atoms with van der Waals surface area (Å²) in [6.07, 6.45) is 4.83. The summed E-state index contributed by atoms with van der Waals surface area (Å²) in [5.74, 6) is 0.769. The molecule has 1 aliphatic heterocycles. The third kappa shape index (κ3) is 14.6. The number of hydrogen-bond donors (Lipinski definition) is 0. The van der Waals surface area contributed by atoms with E-state index in [9.17, 15) is 0 Å². The molecule has 0 bridgehead atoms. The lowest BCUT2D eigenvalue weighted by Gasteiger charge is -2.46. The van der Waals surface area contributed by atoms with E-state index in [1.807, 2.05) is 84.9 Å². The predicted octanol–water partition coefficient (Wildman–Crippen LogP) is 10.3. The van der Waals surface area contributed by atoms with Crippen LogP contribution < -0.4 is 4.74 Å². The van der Waals surface area contributed by atoms with Crippen molar-refractivity contribution in [1.29, 1.82) is 0 Å². The Kier molecular flexibility index (Phi) is 19.0. The van der Waals surface area contributed by atoms with Crippen LogP contribution in [0.25, 0.3) is 0 Å². The maximum absolute atomic E-state index is 6.86. The number of rotatable bonds is 23. The summed E-state index contributed by atoms with van der Waals surface area (Å²) in [4.78, 5) is 0. The summed E-state index contributed by atoms with van der Waals surface area (Å²) in [5, 5.41) is 0.654. The van der Waals surface area contributed by atoms with Crippen LogP contribution in [0, 0.1) is 12.1 Å². The molecule has 0 saturated carbocycles. The minimum atomic E-state index is -0.773. The lowest BCUT2D eigenvalue weighted by molar-refractivity contribution is -0.328. The molecule has 0 aliphatic carbocycles. The second-order valence-electron chi connectivity index (χ2n) is 13.0. The summed E-state index contributed by atoms with van der Waals surface area (Å²) in [7, 11) is 3.38. The Hall–Kier alpha value is -2.79. The first-order valence-corrected chi connectivity index (χ1v) is 20.4. The molecule has 0 amide bonds. The summed E-state index contributed by atoms with van der Waals surface area (Å²) < 4.78 is 52.3. The first kappa shape index (κ1) is 43.3. The fraction of sp³-hybridized carbons (Fsp3) is 0.409. The van der Waals surface area contributed by atoms with Gasteiger partial charge >= 0.3 is 0 Å². The number of benzene rings is 3. The third-order valence-electron chi connectivity index (χ3n) is 8.93. The molecular formula is C44H49Br2ClO8. The summed E-state index contributed by atoms with van der Waals surface area (Å²) in [6.45, 7) is 2.61. The molecule has 2 unspecified atom stereocenters. The number of ether oxygens (including phenoxy) is 8. The van der Waals surface area contributed by atoms with Gasteiger partial charge in [-0.05, 0) is 101 Å². The molecule has 55 heavy (non-hydrogen) atoms. The molecule has 11 heteroatoms. The average Bonchev–Trinajstić information content (AvgIpc) is 3.20. The zero-order valence-electron chi connectivity index (χ0n) is 31.3. The fourth-order valence-electron chi connectivity index (χ4n) is 5.95. The molecule has 1 saturated heterocycles. The smallest absolute Gasteiger partial charge is 0.186 e. The van der Waals surface area contributed by atoms with Crippen LogP contribution in [0.4, 0.5) is 0 Å². The van der Waals surface area contributed by atoms with Gasteiger partial charge in [0, 0.05) is 28.8 Å². The normalized spacial score (nSPS) is 19.8. The van der Waals surface area contributed by atoms with Crippen LogP contribution in [-0.2, 0) is 59.6 Å². The van der Waals surface area contributed by atoms with Crippen molar-refractivity contribution in [2.75, 3.05) is 34.0 Å². The fourth-order valence-corrected chi connectivity index (χ4v) is 6.71. The van der Waals surface area contributed by atoms with Gasteiger partial charge in [-0.2, -0.15) is 0 Å². The molecule has 8 nitrogen and oxygen atoms in total. The van der Waals surface area contributed by atoms with Crippen LogP contribution in [0.1, 0.15) is 47.9 Å². The Balaban J connectivity index is 1.41. The second kappa shape index (κ2) is 24.1. The molecule has 5 atom stereocenters. The summed E-state index contributed by atoms with van der Waals surface area (Å²) in [6, 6.07) is 33.4. The Morgan fingerprint density at radius 2 is 1.36 bits per heavy atom. The lowest BCUT2D eigenvalue weighted by Crippen LogP contribution is -2.61. The van der Waals surface area contributed by atoms with Gasteiger partial charge in [0.25, 0.3) is 0 Å². The van der Waals surface area contributed by atoms with Crippen molar-refractivity contribution < 1.29 is 37.9 Å². The topological polar surface area (TPSA) is 73.8 Å². The highest BCUT2D eigenvalue weighted by Crippen LogP contribution is 2.33. The number of halogens is 3. The van der Waals surface area contributed by atoms with E-state index in [-0.39, 0.29) is 13.2 Å². The molecule has 0 radical (unpaired) electrons. The Bertz CT molecular complexity index is 1690. The van der Waals surface area contributed by atoms with Crippen LogP contribution in [0.2, 0.25) is 5.02 Å². The molecule has 4 aromatic rings. The van der Waals surface area contributed by atoms with Crippen molar-refractivity contribution in [2.45, 2.75) is 82.8 Å². The van der Waals surface area contributed by atoms with Gasteiger partial charge in [-0.15, -0.1) is 0 Å². The van der Waals surface area contributed by atoms with Gasteiger partial charge in [0.05, 0.1) is 51.2 Å². The monoisotopic (exact) mass is 898 g/mol. The van der Waals surface area contributed by atoms with Crippen LogP contribution in [0.3, 0.4) is 0 Å². The molecular weight excluding hydrogens is 852 g/mol. The molecule has 0 aromatic heterocycles. The SMILES string of the molecule is COCCC/C=C\CCCO[C@@H]1OC(COCc2c#cc(Br)cc2)[C@H](OCc2ccc(Cl)cc2)[C@H](OCc2ccccc2Br)C1OCc1ccc(OC)cc1. The van der Waals surface area contributed by atoms with Gasteiger partial charge < -0.3 is 37.9 Å². The maximum Gasteiger partial charge on any atom is 0.186 e. The van der Waals surface area contributed by atoms with Crippen LogP contribution in [-0.4, -0.2) is 64.7 Å². The highest BCUT2D eigenvalue weighted by Gasteiger charge is 2.49. The van der Waals surface area contributed by atoms with Crippen LogP contribution >= 0.6 is 43.5 Å². The standard InChI is InChI=1S/C44H49Br2ClO8/c1-48-25-9-5-3-4-6-10-26-51-44-43(53-29-34-17-23-38(49-2)24-18-34)42(54-30-35-11-7-8-12-39(35)46)41(52-28-33-15-21-37(47)22-16-33)40(55-44)31-50-27-32-13-19-36(45)20-14-32/h3-4,7-8,11-13,15-19,21-24,40-44H,5-6,9-10,25-31H2,1-2H3/b4-3-/t40?,41-,42-,43?,44+/m0/s1. The third-order valence-corrected chi connectivity index (χ3v) is 10.4. The second-order valence-corrected chi connectivity index (χ2v) is 15.2. The first-order chi connectivity index (χ1) is 26.9. The zero-order chi connectivity index (χ0) is 38.7. The zero-order valence-corrected chi connectivity index (χ0v) is 35.2. The van der Waals surface area contributed by atoms with E-state index in [4.69, 9.17) is 49.5 Å². The predicted molar refractivity (Wildman–Crippen MR) is 220 cm³/mol. The summed E-state index contributed by atoms with van der Waals surface area (Å²) in [5.41, 5.74) is 3.78. The minimum Gasteiger partial charge on any atom is -0.497 e. The van der Waals surface area contributed by atoms with Crippen LogP contribution in [0.15, 0.2) is 106 Å². The Morgan fingerprint density at radius 1 is 0.691 bits per heavy atom.